The summed E-state index contributed by atoms with van der Waals surface area (Å²) in [5.41, 5.74) is 1.81. The lowest BCUT2D eigenvalue weighted by Crippen LogP contribution is -1.96. The number of hydrogen-bond acceptors (Lipinski definition) is 11. The molecule has 11 heteroatoms. The van der Waals surface area contributed by atoms with E-state index in [9.17, 15) is 14.4 Å². The van der Waals surface area contributed by atoms with Gasteiger partial charge in [-0.1, -0.05) is 0 Å². The monoisotopic (exact) mass is 445 g/mol. The van der Waals surface area contributed by atoms with Crippen LogP contribution in [0.4, 0.5) is 0 Å². The average Bonchev–Trinajstić information content (AvgIpc) is 3.42. The van der Waals surface area contributed by atoms with E-state index in [1.54, 1.807) is 12.1 Å². The zero-order valence-electron chi connectivity index (χ0n) is 16.5. The van der Waals surface area contributed by atoms with Gasteiger partial charge < -0.3 is 23.0 Å². The summed E-state index contributed by atoms with van der Waals surface area (Å²) in [5.74, 6) is 0.133. The van der Waals surface area contributed by atoms with Crippen molar-refractivity contribution in [3.8, 4) is 40.4 Å². The fourth-order valence-corrected chi connectivity index (χ4v) is 3.33. The Labute approximate surface area is 183 Å². The molecule has 0 fully saturated rings. The van der Waals surface area contributed by atoms with E-state index in [4.69, 9.17) is 23.0 Å². The standard InChI is InChI=1S/C22H11N3O8/c26-9-29-14-7-15(19-21-12(1-3-23-19)5-17(32-21)30-10-27)25-16(8-14)20-22-13(2-4-24-20)6-18(33-22)31-11-28/h1-11H. The molecule has 0 unspecified atom stereocenters. The summed E-state index contributed by atoms with van der Waals surface area (Å²) in [5, 5.41) is 1.23. The zero-order chi connectivity index (χ0) is 22.8. The highest BCUT2D eigenvalue weighted by Gasteiger charge is 2.19. The first kappa shape index (κ1) is 19.9. The van der Waals surface area contributed by atoms with Gasteiger partial charge in [-0.05, 0) is 12.1 Å². The van der Waals surface area contributed by atoms with Crippen molar-refractivity contribution in [3.05, 3.63) is 48.8 Å². The number of ether oxygens (including phenoxy) is 3. The number of carbonyl (C=O) groups is 3. The molecule has 0 amide bonds. The summed E-state index contributed by atoms with van der Waals surface area (Å²) in [6.07, 6.45) is 3.06. The number of pyridine rings is 3. The third-order valence-electron chi connectivity index (χ3n) is 4.62. The first-order chi connectivity index (χ1) is 16.2. The Morgan fingerprint density at radius 1 is 0.667 bits per heavy atom. The van der Waals surface area contributed by atoms with E-state index in [0.29, 0.717) is 33.3 Å². The molecule has 0 aromatic carbocycles. The second-order valence-electron chi connectivity index (χ2n) is 6.50. The summed E-state index contributed by atoms with van der Waals surface area (Å²) < 4.78 is 25.8. The van der Waals surface area contributed by atoms with Gasteiger partial charge >= 0.3 is 12.9 Å². The Balaban J connectivity index is 1.71. The molecule has 0 aliphatic rings. The lowest BCUT2D eigenvalue weighted by atomic mass is 10.1. The van der Waals surface area contributed by atoms with Crippen LogP contribution in [0.3, 0.4) is 0 Å². The summed E-state index contributed by atoms with van der Waals surface area (Å²) >= 11 is 0. The molecule has 11 nitrogen and oxygen atoms in total. The number of hydrogen-bond donors (Lipinski definition) is 0. The Morgan fingerprint density at radius 3 is 1.61 bits per heavy atom. The van der Waals surface area contributed by atoms with Crippen LogP contribution < -0.4 is 14.2 Å². The maximum Gasteiger partial charge on any atom is 0.300 e. The van der Waals surface area contributed by atoms with Gasteiger partial charge in [0.25, 0.3) is 18.4 Å². The summed E-state index contributed by atoms with van der Waals surface area (Å²) in [6, 6.07) is 9.39. The van der Waals surface area contributed by atoms with Gasteiger partial charge in [-0.2, -0.15) is 0 Å². The molecule has 33 heavy (non-hydrogen) atoms. The maximum atomic E-state index is 11.0. The number of rotatable bonds is 8. The van der Waals surface area contributed by atoms with Crippen LogP contribution in [0.5, 0.6) is 17.6 Å². The predicted octanol–water partition coefficient (Wildman–Crippen LogP) is 3.30. The highest BCUT2D eigenvalue weighted by Crippen LogP contribution is 2.36. The highest BCUT2D eigenvalue weighted by atomic mass is 16.6. The Bertz CT molecular complexity index is 1410. The maximum absolute atomic E-state index is 11.0. The molecule has 5 aromatic heterocycles. The molecule has 5 aromatic rings. The molecule has 0 radical (unpaired) electrons. The summed E-state index contributed by atoms with van der Waals surface area (Å²) in [4.78, 5) is 45.6. The highest BCUT2D eigenvalue weighted by molar-refractivity contribution is 5.93. The smallest absolute Gasteiger partial charge is 0.300 e. The van der Waals surface area contributed by atoms with Gasteiger partial charge in [0.2, 0.25) is 0 Å². The average molecular weight is 445 g/mol. The van der Waals surface area contributed by atoms with Gasteiger partial charge in [0.05, 0.1) is 11.4 Å². The van der Waals surface area contributed by atoms with Gasteiger partial charge in [-0.15, -0.1) is 0 Å². The molecule has 0 saturated carbocycles. The van der Waals surface area contributed by atoms with Crippen molar-refractivity contribution < 1.29 is 37.4 Å². The van der Waals surface area contributed by atoms with Crippen LogP contribution in [0.15, 0.2) is 57.6 Å². The van der Waals surface area contributed by atoms with Crippen LogP contribution in [-0.4, -0.2) is 34.4 Å². The Morgan fingerprint density at radius 2 is 1.15 bits per heavy atom. The summed E-state index contributed by atoms with van der Waals surface area (Å²) in [6.45, 7) is 0.771. The number of furan rings is 2. The molecule has 0 aliphatic carbocycles. The first-order valence-corrected chi connectivity index (χ1v) is 9.31. The SMILES string of the molecule is O=COc1cc(-c2nccc3cc(OC=O)oc23)nc(-c2nccc3cc(OC=O)oc23)c1. The minimum absolute atomic E-state index is 0.0144. The topological polar surface area (TPSA) is 144 Å². The number of nitrogens with zero attached hydrogens (tertiary/aromatic N) is 3. The van der Waals surface area contributed by atoms with Crippen LogP contribution in [-0.2, 0) is 14.4 Å². The van der Waals surface area contributed by atoms with Crippen molar-refractivity contribution in [1.29, 1.82) is 0 Å². The van der Waals surface area contributed by atoms with Crippen LogP contribution in [0.1, 0.15) is 0 Å². The van der Waals surface area contributed by atoms with Gasteiger partial charge in [-0.3, -0.25) is 24.4 Å². The van der Waals surface area contributed by atoms with E-state index in [0.717, 1.165) is 0 Å². The molecule has 5 rings (SSSR count). The number of fused-ring (bicyclic) bond motifs is 2. The van der Waals surface area contributed by atoms with E-state index in [1.807, 2.05) is 0 Å². The fraction of sp³-hybridized carbons (Fsp3) is 0. The van der Waals surface area contributed by atoms with Gasteiger partial charge in [0, 0.05) is 47.4 Å². The number of aromatic nitrogens is 3. The molecular formula is C22H11N3O8. The molecule has 0 aliphatic heterocycles. The van der Waals surface area contributed by atoms with Crippen molar-refractivity contribution in [2.45, 2.75) is 0 Å². The van der Waals surface area contributed by atoms with Gasteiger partial charge in [0.1, 0.15) is 17.1 Å². The zero-order valence-corrected chi connectivity index (χ0v) is 16.5. The van der Waals surface area contributed by atoms with Crippen LogP contribution in [0.25, 0.3) is 44.7 Å². The van der Waals surface area contributed by atoms with E-state index < -0.39 is 0 Å². The normalized spacial score (nSPS) is 10.8. The molecule has 0 bridgehead atoms. The van der Waals surface area contributed by atoms with Crippen LogP contribution in [0.2, 0.25) is 0 Å². The lowest BCUT2D eigenvalue weighted by Gasteiger charge is -2.08. The van der Waals surface area contributed by atoms with Crippen molar-refractivity contribution in [2.24, 2.45) is 0 Å². The Kier molecular flexibility index (Phi) is 4.96. The van der Waals surface area contributed by atoms with Crippen molar-refractivity contribution in [1.82, 2.24) is 15.0 Å². The molecule has 0 spiro atoms. The largest absolute Gasteiger partial charge is 0.429 e. The van der Waals surface area contributed by atoms with E-state index in [1.165, 1.54) is 36.7 Å². The van der Waals surface area contributed by atoms with Crippen LogP contribution in [0, 0.1) is 0 Å². The second kappa shape index (κ2) is 8.23. The molecule has 162 valence electrons. The van der Waals surface area contributed by atoms with Gasteiger partial charge in [0.15, 0.2) is 11.2 Å². The van der Waals surface area contributed by atoms with Crippen LogP contribution >= 0.6 is 0 Å². The Hall–Kier alpha value is -5.06. The fourth-order valence-electron chi connectivity index (χ4n) is 3.33. The molecule has 0 N–H and O–H groups in total. The van der Waals surface area contributed by atoms with E-state index in [-0.39, 0.29) is 48.4 Å². The van der Waals surface area contributed by atoms with Crippen molar-refractivity contribution in [2.75, 3.05) is 0 Å². The minimum atomic E-state index is -0.0144. The quantitative estimate of drug-likeness (QED) is 0.324. The van der Waals surface area contributed by atoms with E-state index in [2.05, 4.69) is 15.0 Å². The van der Waals surface area contributed by atoms with E-state index >= 15 is 0 Å². The van der Waals surface area contributed by atoms with Crippen molar-refractivity contribution >= 4 is 41.4 Å². The molecule has 0 atom stereocenters. The van der Waals surface area contributed by atoms with Gasteiger partial charge in [-0.25, -0.2) is 4.98 Å². The second-order valence-corrected chi connectivity index (χ2v) is 6.50. The third kappa shape index (κ3) is 3.63. The minimum Gasteiger partial charge on any atom is -0.429 e. The lowest BCUT2D eigenvalue weighted by molar-refractivity contribution is -0.122. The third-order valence-corrected chi connectivity index (χ3v) is 4.62. The summed E-state index contributed by atoms with van der Waals surface area (Å²) in [7, 11) is 0. The molecular weight excluding hydrogens is 434 g/mol. The molecule has 0 saturated heterocycles. The van der Waals surface area contributed by atoms with Crippen molar-refractivity contribution in [3.63, 3.8) is 0 Å². The molecule has 5 heterocycles. The number of carbonyl (C=O) groups excluding carboxylic acids is 3. The predicted molar refractivity (Wildman–Crippen MR) is 110 cm³/mol. The first-order valence-electron chi connectivity index (χ1n) is 9.31.